The number of ether oxygens (including phenoxy) is 1. The topological polar surface area (TPSA) is 38.3 Å². The second kappa shape index (κ2) is 6.74. The first-order chi connectivity index (χ1) is 7.96. The highest BCUT2D eigenvalue weighted by molar-refractivity contribution is 9.09. The number of halogens is 1. The minimum absolute atomic E-state index is 0.0573. The third-order valence-corrected chi connectivity index (χ3v) is 3.93. The summed E-state index contributed by atoms with van der Waals surface area (Å²) in [4.78, 5) is 11.9. The summed E-state index contributed by atoms with van der Waals surface area (Å²) in [7, 11) is 0. The summed E-state index contributed by atoms with van der Waals surface area (Å²) in [6.07, 6.45) is 3.01. The quantitative estimate of drug-likeness (QED) is 0.766. The molecule has 1 amide bonds. The molecule has 0 aromatic carbocycles. The maximum atomic E-state index is 11.9. The molecule has 1 aliphatic rings. The maximum Gasteiger partial charge on any atom is 0.249 e. The van der Waals surface area contributed by atoms with Crippen molar-refractivity contribution in [2.24, 2.45) is 11.3 Å². The molecule has 1 N–H and O–H groups in total. The molecule has 3 nitrogen and oxygen atoms in total. The number of nitrogens with one attached hydrogen (secondary N) is 1. The standard InChI is InChI=1S/C13H24BrNO2/c1-10-5-8-17-11(10)12(16)15-9-13(2,3)6-4-7-14/h10-11H,4-9H2,1-3H3,(H,15,16). The largest absolute Gasteiger partial charge is 0.368 e. The number of rotatable bonds is 6. The van der Waals surface area contributed by atoms with Crippen molar-refractivity contribution in [3.63, 3.8) is 0 Å². The molecule has 17 heavy (non-hydrogen) atoms. The second-order valence-corrected chi connectivity index (χ2v) is 6.52. The normalized spacial score (nSPS) is 24.9. The Balaban J connectivity index is 2.31. The first kappa shape index (κ1) is 15.0. The summed E-state index contributed by atoms with van der Waals surface area (Å²) in [5.74, 6) is 0.405. The zero-order chi connectivity index (χ0) is 12.9. The molecule has 1 heterocycles. The van der Waals surface area contributed by atoms with Gasteiger partial charge in [-0.2, -0.15) is 0 Å². The van der Waals surface area contributed by atoms with Crippen LogP contribution in [0.2, 0.25) is 0 Å². The lowest BCUT2D eigenvalue weighted by atomic mass is 9.88. The van der Waals surface area contributed by atoms with Gasteiger partial charge in [0.25, 0.3) is 0 Å². The molecule has 0 saturated carbocycles. The van der Waals surface area contributed by atoms with E-state index in [-0.39, 0.29) is 17.4 Å². The molecule has 1 rings (SSSR count). The smallest absolute Gasteiger partial charge is 0.249 e. The second-order valence-electron chi connectivity index (χ2n) is 5.73. The molecule has 0 aromatic rings. The molecule has 1 saturated heterocycles. The van der Waals surface area contributed by atoms with Crippen LogP contribution in [0.25, 0.3) is 0 Å². The van der Waals surface area contributed by atoms with Crippen molar-refractivity contribution < 1.29 is 9.53 Å². The Bertz CT molecular complexity index is 256. The molecular weight excluding hydrogens is 282 g/mol. The molecule has 0 spiro atoms. The number of carbonyl (C=O) groups excluding carboxylic acids is 1. The van der Waals surface area contributed by atoms with E-state index in [2.05, 4.69) is 42.0 Å². The molecule has 4 heteroatoms. The Morgan fingerprint density at radius 1 is 1.53 bits per heavy atom. The molecule has 2 unspecified atom stereocenters. The summed E-state index contributed by atoms with van der Waals surface area (Å²) in [5.41, 5.74) is 0.158. The van der Waals surface area contributed by atoms with Gasteiger partial charge in [-0.25, -0.2) is 0 Å². The van der Waals surface area contributed by atoms with Crippen LogP contribution < -0.4 is 5.32 Å². The van der Waals surface area contributed by atoms with E-state index in [9.17, 15) is 4.79 Å². The van der Waals surface area contributed by atoms with E-state index in [0.29, 0.717) is 12.5 Å². The highest BCUT2D eigenvalue weighted by Crippen LogP contribution is 2.23. The van der Waals surface area contributed by atoms with Gasteiger partial charge < -0.3 is 10.1 Å². The lowest BCUT2D eigenvalue weighted by Crippen LogP contribution is -2.41. The van der Waals surface area contributed by atoms with Crippen LogP contribution in [0.5, 0.6) is 0 Å². The van der Waals surface area contributed by atoms with Crippen molar-refractivity contribution in [2.45, 2.75) is 46.1 Å². The van der Waals surface area contributed by atoms with Gasteiger partial charge in [-0.3, -0.25) is 4.79 Å². The highest BCUT2D eigenvalue weighted by atomic mass is 79.9. The predicted octanol–water partition coefficient (Wildman–Crippen LogP) is 2.73. The van der Waals surface area contributed by atoms with Gasteiger partial charge in [-0.15, -0.1) is 0 Å². The minimum atomic E-state index is -0.234. The number of hydrogen-bond acceptors (Lipinski definition) is 2. The van der Waals surface area contributed by atoms with Crippen molar-refractivity contribution in [1.29, 1.82) is 0 Å². The van der Waals surface area contributed by atoms with Gasteiger partial charge in [0.1, 0.15) is 6.10 Å². The molecule has 100 valence electrons. The summed E-state index contributed by atoms with van der Waals surface area (Å²) in [6, 6.07) is 0. The van der Waals surface area contributed by atoms with Gasteiger partial charge in [0, 0.05) is 18.5 Å². The Labute approximate surface area is 113 Å². The van der Waals surface area contributed by atoms with Crippen molar-refractivity contribution in [3.8, 4) is 0 Å². The Morgan fingerprint density at radius 2 is 2.24 bits per heavy atom. The van der Waals surface area contributed by atoms with Crippen LogP contribution in [0.1, 0.15) is 40.0 Å². The maximum absolute atomic E-state index is 11.9. The van der Waals surface area contributed by atoms with Crippen LogP contribution in [-0.2, 0) is 9.53 Å². The predicted molar refractivity (Wildman–Crippen MR) is 73.3 cm³/mol. The fraction of sp³-hybridized carbons (Fsp3) is 0.923. The number of alkyl halides is 1. The van der Waals surface area contributed by atoms with Crippen LogP contribution >= 0.6 is 15.9 Å². The van der Waals surface area contributed by atoms with Gasteiger partial charge >= 0.3 is 0 Å². The van der Waals surface area contributed by atoms with Crippen LogP contribution in [0.15, 0.2) is 0 Å². The van der Waals surface area contributed by atoms with E-state index in [0.717, 1.165) is 31.1 Å². The fourth-order valence-corrected chi connectivity index (χ4v) is 2.37. The van der Waals surface area contributed by atoms with E-state index in [4.69, 9.17) is 4.74 Å². The molecule has 1 aliphatic heterocycles. The monoisotopic (exact) mass is 305 g/mol. The molecule has 0 aromatic heterocycles. The first-order valence-corrected chi connectivity index (χ1v) is 7.54. The fourth-order valence-electron chi connectivity index (χ4n) is 2.09. The lowest BCUT2D eigenvalue weighted by molar-refractivity contribution is -0.131. The average Bonchev–Trinajstić information content (AvgIpc) is 2.70. The third-order valence-electron chi connectivity index (χ3n) is 3.37. The SMILES string of the molecule is CC1CCOC1C(=O)NCC(C)(C)CCCBr. The van der Waals surface area contributed by atoms with Gasteiger partial charge in [-0.05, 0) is 30.6 Å². The van der Waals surface area contributed by atoms with E-state index < -0.39 is 0 Å². The van der Waals surface area contributed by atoms with Crippen molar-refractivity contribution in [3.05, 3.63) is 0 Å². The summed E-state index contributed by atoms with van der Waals surface area (Å²) in [5, 5.41) is 4.05. The molecule has 0 radical (unpaired) electrons. The van der Waals surface area contributed by atoms with Gasteiger partial charge in [0.15, 0.2) is 0 Å². The number of amides is 1. The summed E-state index contributed by atoms with van der Waals surface area (Å²) >= 11 is 3.44. The Morgan fingerprint density at radius 3 is 2.76 bits per heavy atom. The number of carbonyl (C=O) groups is 1. The van der Waals surface area contributed by atoms with Gasteiger partial charge in [-0.1, -0.05) is 36.7 Å². The highest BCUT2D eigenvalue weighted by Gasteiger charge is 2.31. The van der Waals surface area contributed by atoms with E-state index in [1.54, 1.807) is 0 Å². The summed E-state index contributed by atoms with van der Waals surface area (Å²) in [6.45, 7) is 7.90. The van der Waals surface area contributed by atoms with Crippen LogP contribution in [0.4, 0.5) is 0 Å². The molecule has 2 atom stereocenters. The zero-order valence-electron chi connectivity index (χ0n) is 11.1. The van der Waals surface area contributed by atoms with Crippen molar-refractivity contribution in [1.82, 2.24) is 5.32 Å². The van der Waals surface area contributed by atoms with Gasteiger partial charge in [0.2, 0.25) is 5.91 Å². The Kier molecular flexibility index (Phi) is 5.93. The van der Waals surface area contributed by atoms with Crippen molar-refractivity contribution in [2.75, 3.05) is 18.5 Å². The molecule has 0 aliphatic carbocycles. The molecule has 1 fully saturated rings. The average molecular weight is 306 g/mol. The lowest BCUT2D eigenvalue weighted by Gasteiger charge is -2.26. The molecular formula is C13H24BrNO2. The van der Waals surface area contributed by atoms with E-state index in [1.807, 2.05) is 0 Å². The van der Waals surface area contributed by atoms with E-state index >= 15 is 0 Å². The third kappa shape index (κ3) is 4.96. The van der Waals surface area contributed by atoms with Crippen LogP contribution in [-0.4, -0.2) is 30.5 Å². The van der Waals surface area contributed by atoms with Crippen molar-refractivity contribution >= 4 is 21.8 Å². The number of hydrogen-bond donors (Lipinski definition) is 1. The van der Waals surface area contributed by atoms with E-state index in [1.165, 1.54) is 0 Å². The minimum Gasteiger partial charge on any atom is -0.368 e. The first-order valence-electron chi connectivity index (χ1n) is 6.41. The Hall–Kier alpha value is -0.0900. The van der Waals surface area contributed by atoms with Crippen LogP contribution in [0.3, 0.4) is 0 Å². The van der Waals surface area contributed by atoms with Crippen LogP contribution in [0, 0.1) is 11.3 Å². The molecule has 0 bridgehead atoms. The zero-order valence-corrected chi connectivity index (χ0v) is 12.7. The summed E-state index contributed by atoms with van der Waals surface area (Å²) < 4.78 is 5.45. The van der Waals surface area contributed by atoms with Gasteiger partial charge in [0.05, 0.1) is 0 Å².